The van der Waals surface area contributed by atoms with Crippen molar-refractivity contribution in [3.63, 3.8) is 0 Å². The highest BCUT2D eigenvalue weighted by atomic mass is 79.9. The third kappa shape index (κ3) is 2.84. The Labute approximate surface area is 139 Å². The largest absolute Gasteiger partial charge is 0.467 e. The molecule has 1 fully saturated rings. The van der Waals surface area contributed by atoms with Gasteiger partial charge in [-0.1, -0.05) is 40.9 Å². The molecule has 0 atom stereocenters. The highest BCUT2D eigenvalue weighted by Crippen LogP contribution is 2.43. The van der Waals surface area contributed by atoms with Gasteiger partial charge < -0.3 is 9.32 Å². The van der Waals surface area contributed by atoms with Crippen LogP contribution in [-0.4, -0.2) is 17.9 Å². The quantitative estimate of drug-likeness (QED) is 0.802. The Morgan fingerprint density at radius 2 is 2.05 bits per heavy atom. The van der Waals surface area contributed by atoms with Crippen LogP contribution in [0.4, 0.5) is 0 Å². The molecule has 1 aromatic heterocycles. The highest BCUT2D eigenvalue weighted by molar-refractivity contribution is 9.10. The third-order valence-corrected chi connectivity index (χ3v) is 5.06. The Balaban J connectivity index is 1.88. The Hall–Kier alpha value is -1.55. The van der Waals surface area contributed by atoms with Crippen molar-refractivity contribution < 1.29 is 9.21 Å². The number of amides is 1. The van der Waals surface area contributed by atoms with Crippen LogP contribution in [0.5, 0.6) is 0 Å². The minimum Gasteiger partial charge on any atom is -0.467 e. The van der Waals surface area contributed by atoms with Crippen molar-refractivity contribution in [1.82, 2.24) is 4.90 Å². The van der Waals surface area contributed by atoms with E-state index in [4.69, 9.17) is 4.42 Å². The molecule has 0 aliphatic heterocycles. The lowest BCUT2D eigenvalue weighted by molar-refractivity contribution is -0.136. The van der Waals surface area contributed by atoms with Crippen LogP contribution in [-0.2, 0) is 16.8 Å². The number of carbonyl (C=O) groups is 1. The summed E-state index contributed by atoms with van der Waals surface area (Å²) in [6.07, 6.45) is 5.70. The molecule has 22 heavy (non-hydrogen) atoms. The Morgan fingerprint density at radius 3 is 2.68 bits per heavy atom. The molecule has 116 valence electrons. The summed E-state index contributed by atoms with van der Waals surface area (Å²) in [7, 11) is 1.86. The molecule has 1 aromatic carbocycles. The zero-order chi connectivity index (χ0) is 15.6. The van der Waals surface area contributed by atoms with Gasteiger partial charge in [-0.05, 0) is 42.7 Å². The van der Waals surface area contributed by atoms with Crippen molar-refractivity contribution in [3.8, 4) is 0 Å². The smallest absolute Gasteiger partial charge is 0.233 e. The zero-order valence-corrected chi connectivity index (χ0v) is 14.3. The molecule has 0 saturated heterocycles. The molecule has 4 heteroatoms. The van der Waals surface area contributed by atoms with E-state index < -0.39 is 0 Å². The number of hydrogen-bond donors (Lipinski definition) is 0. The van der Waals surface area contributed by atoms with E-state index in [0.29, 0.717) is 6.54 Å². The minimum absolute atomic E-state index is 0.194. The Morgan fingerprint density at radius 1 is 1.27 bits per heavy atom. The first-order valence-electron chi connectivity index (χ1n) is 7.66. The van der Waals surface area contributed by atoms with Crippen LogP contribution in [0.1, 0.15) is 37.0 Å². The van der Waals surface area contributed by atoms with Crippen molar-refractivity contribution in [3.05, 3.63) is 58.5 Å². The van der Waals surface area contributed by atoms with Crippen LogP contribution in [0.2, 0.25) is 0 Å². The summed E-state index contributed by atoms with van der Waals surface area (Å²) in [5, 5.41) is 0. The summed E-state index contributed by atoms with van der Waals surface area (Å²) < 4.78 is 6.40. The second-order valence-electron chi connectivity index (χ2n) is 6.04. The fraction of sp³-hybridized carbons (Fsp3) is 0.389. The fourth-order valence-electron chi connectivity index (χ4n) is 3.46. The van der Waals surface area contributed by atoms with Crippen LogP contribution in [0.15, 0.2) is 51.6 Å². The molecular weight excluding hydrogens is 342 g/mol. The molecule has 1 saturated carbocycles. The first kappa shape index (κ1) is 15.3. The van der Waals surface area contributed by atoms with Crippen LogP contribution in [0.25, 0.3) is 0 Å². The lowest BCUT2D eigenvalue weighted by Gasteiger charge is -2.32. The number of likely N-dealkylation sites (N-methyl/N-ethyl adjacent to an activating group) is 1. The normalized spacial score (nSPS) is 16.6. The molecule has 0 N–H and O–H groups in total. The molecule has 2 aromatic rings. The van der Waals surface area contributed by atoms with E-state index in [9.17, 15) is 4.79 Å². The second-order valence-corrected chi connectivity index (χ2v) is 6.96. The number of carbonyl (C=O) groups excluding carboxylic acids is 1. The van der Waals surface area contributed by atoms with Gasteiger partial charge in [-0.25, -0.2) is 0 Å². The standard InChI is InChI=1S/C18H20BrNO2/c1-20(13-16-8-5-11-22-16)17(21)18(9-2-3-10-18)14-6-4-7-15(19)12-14/h4-8,11-12H,2-3,9-10,13H2,1H3. The molecule has 0 unspecified atom stereocenters. The first-order valence-corrected chi connectivity index (χ1v) is 8.45. The molecule has 3 rings (SSSR count). The maximum absolute atomic E-state index is 13.2. The van der Waals surface area contributed by atoms with Gasteiger partial charge in [-0.2, -0.15) is 0 Å². The molecule has 3 nitrogen and oxygen atoms in total. The second kappa shape index (κ2) is 6.29. The van der Waals surface area contributed by atoms with E-state index in [2.05, 4.69) is 28.1 Å². The van der Waals surface area contributed by atoms with Crippen molar-refractivity contribution in [2.45, 2.75) is 37.6 Å². The number of nitrogens with zero attached hydrogens (tertiary/aromatic N) is 1. The van der Waals surface area contributed by atoms with Gasteiger partial charge in [0.1, 0.15) is 5.76 Å². The average molecular weight is 362 g/mol. The van der Waals surface area contributed by atoms with Crippen LogP contribution in [0, 0.1) is 0 Å². The maximum Gasteiger partial charge on any atom is 0.233 e. The Kier molecular flexibility index (Phi) is 4.39. The van der Waals surface area contributed by atoms with Gasteiger partial charge in [0.25, 0.3) is 0 Å². The first-order chi connectivity index (χ1) is 10.6. The van der Waals surface area contributed by atoms with Gasteiger partial charge in [0, 0.05) is 11.5 Å². The van der Waals surface area contributed by atoms with Crippen molar-refractivity contribution in [1.29, 1.82) is 0 Å². The summed E-state index contributed by atoms with van der Waals surface area (Å²) >= 11 is 3.53. The van der Waals surface area contributed by atoms with E-state index in [1.54, 1.807) is 11.2 Å². The minimum atomic E-state index is -0.384. The molecule has 1 heterocycles. The SMILES string of the molecule is CN(Cc1ccco1)C(=O)C1(c2cccc(Br)c2)CCCC1. The van der Waals surface area contributed by atoms with Gasteiger partial charge >= 0.3 is 0 Å². The van der Waals surface area contributed by atoms with E-state index in [-0.39, 0.29) is 11.3 Å². The van der Waals surface area contributed by atoms with E-state index in [0.717, 1.165) is 41.5 Å². The number of furan rings is 1. The predicted molar refractivity (Wildman–Crippen MR) is 89.5 cm³/mol. The van der Waals surface area contributed by atoms with Crippen molar-refractivity contribution in [2.75, 3.05) is 7.05 Å². The molecular formula is C18H20BrNO2. The highest BCUT2D eigenvalue weighted by Gasteiger charge is 2.44. The topological polar surface area (TPSA) is 33.5 Å². The molecule has 0 radical (unpaired) electrons. The molecule has 0 bridgehead atoms. The summed E-state index contributed by atoms with van der Waals surface area (Å²) in [4.78, 5) is 15.0. The van der Waals surface area contributed by atoms with Gasteiger partial charge in [0.2, 0.25) is 5.91 Å². The number of hydrogen-bond acceptors (Lipinski definition) is 2. The summed E-state index contributed by atoms with van der Waals surface area (Å²) in [5.74, 6) is 1.01. The zero-order valence-electron chi connectivity index (χ0n) is 12.7. The lowest BCUT2D eigenvalue weighted by Crippen LogP contribution is -2.43. The van der Waals surface area contributed by atoms with E-state index >= 15 is 0 Å². The molecule has 0 spiro atoms. The Bertz CT molecular complexity index is 645. The number of benzene rings is 1. The summed E-state index contributed by atoms with van der Waals surface area (Å²) in [5.41, 5.74) is 0.737. The molecule has 1 amide bonds. The van der Waals surface area contributed by atoms with Gasteiger partial charge in [0.15, 0.2) is 0 Å². The van der Waals surface area contributed by atoms with Gasteiger partial charge in [0.05, 0.1) is 18.2 Å². The average Bonchev–Trinajstić information content (AvgIpc) is 3.18. The maximum atomic E-state index is 13.2. The van der Waals surface area contributed by atoms with Crippen LogP contribution < -0.4 is 0 Å². The van der Waals surface area contributed by atoms with Crippen molar-refractivity contribution >= 4 is 21.8 Å². The number of rotatable bonds is 4. The third-order valence-electron chi connectivity index (χ3n) is 4.56. The van der Waals surface area contributed by atoms with Gasteiger partial charge in [-0.15, -0.1) is 0 Å². The van der Waals surface area contributed by atoms with Crippen molar-refractivity contribution in [2.24, 2.45) is 0 Å². The fourth-order valence-corrected chi connectivity index (χ4v) is 3.86. The monoisotopic (exact) mass is 361 g/mol. The van der Waals surface area contributed by atoms with E-state index in [1.807, 2.05) is 31.3 Å². The molecule has 1 aliphatic rings. The van der Waals surface area contributed by atoms with Gasteiger partial charge in [-0.3, -0.25) is 4.79 Å². The summed E-state index contributed by atoms with van der Waals surface area (Å²) in [6.45, 7) is 0.515. The van der Waals surface area contributed by atoms with E-state index in [1.165, 1.54) is 0 Å². The number of halogens is 1. The van der Waals surface area contributed by atoms with Crippen LogP contribution in [0.3, 0.4) is 0 Å². The van der Waals surface area contributed by atoms with Crippen LogP contribution >= 0.6 is 15.9 Å². The lowest BCUT2D eigenvalue weighted by atomic mass is 9.77. The molecule has 1 aliphatic carbocycles. The summed E-state index contributed by atoms with van der Waals surface area (Å²) in [6, 6.07) is 11.9. The predicted octanol–water partition coefficient (Wildman–Crippen LogP) is 4.51.